The van der Waals surface area contributed by atoms with Crippen LogP contribution in [0.5, 0.6) is 5.75 Å². The molecule has 1 aromatic heterocycles. The van der Waals surface area contributed by atoms with Crippen LogP contribution in [0.4, 0.5) is 10.7 Å². The fraction of sp³-hybridized carbons (Fsp3) is 0.167. The van der Waals surface area contributed by atoms with Crippen LogP contribution in [0.2, 0.25) is 5.02 Å². The van der Waals surface area contributed by atoms with Gasteiger partial charge in [-0.15, -0.1) is 11.3 Å². The number of nitrogens with one attached hydrogen (secondary N) is 2. The third-order valence-corrected chi connectivity index (χ3v) is 6.22. The molecule has 0 fully saturated rings. The van der Waals surface area contributed by atoms with E-state index in [4.69, 9.17) is 25.8 Å². The van der Waals surface area contributed by atoms with Gasteiger partial charge in [-0.25, -0.2) is 9.59 Å². The average molecular weight is 517 g/mol. The maximum absolute atomic E-state index is 13.0. The van der Waals surface area contributed by atoms with Gasteiger partial charge in [0.15, 0.2) is 6.61 Å². The van der Waals surface area contributed by atoms with Crippen LogP contribution in [0, 0.1) is 6.92 Å². The summed E-state index contributed by atoms with van der Waals surface area (Å²) < 4.78 is 15.0. The summed E-state index contributed by atoms with van der Waals surface area (Å²) in [6, 6.07) is 12.8. The normalized spacial score (nSPS) is 10.3. The Balaban J connectivity index is 1.82. The molecule has 0 aliphatic heterocycles. The molecule has 0 bridgehead atoms. The number of para-hydroxylation sites is 1. The van der Waals surface area contributed by atoms with E-state index in [1.54, 1.807) is 49.4 Å². The van der Waals surface area contributed by atoms with Crippen LogP contribution in [0.15, 0.2) is 48.5 Å². The SMILES string of the molecule is COC(=O)c1ccccc1NC(=O)c1sc(NC(=O)COc2ccc(Cl)cc2)c(C(=O)OC)c1C. The molecule has 9 nitrogen and oxygen atoms in total. The lowest BCUT2D eigenvalue weighted by Crippen LogP contribution is -2.21. The molecule has 0 atom stereocenters. The molecule has 0 saturated heterocycles. The van der Waals surface area contributed by atoms with Gasteiger partial charge in [0.2, 0.25) is 0 Å². The number of rotatable bonds is 8. The maximum Gasteiger partial charge on any atom is 0.341 e. The van der Waals surface area contributed by atoms with Crippen LogP contribution < -0.4 is 15.4 Å². The Labute approximate surface area is 209 Å². The third-order valence-electron chi connectivity index (χ3n) is 4.76. The maximum atomic E-state index is 13.0. The van der Waals surface area contributed by atoms with Crippen LogP contribution in [0.25, 0.3) is 0 Å². The molecule has 2 aromatic carbocycles. The summed E-state index contributed by atoms with van der Waals surface area (Å²) in [4.78, 5) is 50.1. The lowest BCUT2D eigenvalue weighted by atomic mass is 10.1. The van der Waals surface area contributed by atoms with E-state index < -0.39 is 23.8 Å². The molecule has 1 heterocycles. The predicted molar refractivity (Wildman–Crippen MR) is 132 cm³/mol. The molecule has 182 valence electrons. The average Bonchev–Trinajstić information content (AvgIpc) is 3.18. The van der Waals surface area contributed by atoms with Gasteiger partial charge in [-0.1, -0.05) is 23.7 Å². The number of thiophene rings is 1. The summed E-state index contributed by atoms with van der Waals surface area (Å²) in [6.45, 7) is 1.22. The molecular weight excluding hydrogens is 496 g/mol. The number of halogens is 1. The van der Waals surface area contributed by atoms with Crippen molar-refractivity contribution in [3.8, 4) is 5.75 Å². The largest absolute Gasteiger partial charge is 0.484 e. The highest BCUT2D eigenvalue weighted by atomic mass is 35.5. The number of methoxy groups -OCH3 is 2. The van der Waals surface area contributed by atoms with Crippen LogP contribution >= 0.6 is 22.9 Å². The number of hydrogen-bond donors (Lipinski definition) is 2. The first-order valence-electron chi connectivity index (χ1n) is 10.1. The van der Waals surface area contributed by atoms with Gasteiger partial charge < -0.3 is 24.8 Å². The van der Waals surface area contributed by atoms with Crippen LogP contribution in [-0.4, -0.2) is 44.6 Å². The summed E-state index contributed by atoms with van der Waals surface area (Å²) in [7, 11) is 2.43. The number of benzene rings is 2. The number of anilines is 2. The second-order valence-electron chi connectivity index (χ2n) is 7.03. The van der Waals surface area contributed by atoms with Crippen molar-refractivity contribution in [1.82, 2.24) is 0 Å². The van der Waals surface area contributed by atoms with Gasteiger partial charge in [0.05, 0.1) is 35.9 Å². The Hall–Kier alpha value is -3.89. The van der Waals surface area contributed by atoms with Crippen LogP contribution in [0.3, 0.4) is 0 Å². The van der Waals surface area contributed by atoms with E-state index >= 15 is 0 Å². The monoisotopic (exact) mass is 516 g/mol. The zero-order chi connectivity index (χ0) is 25.5. The van der Waals surface area contributed by atoms with E-state index in [2.05, 4.69) is 10.6 Å². The van der Waals surface area contributed by atoms with E-state index in [0.717, 1.165) is 11.3 Å². The molecule has 2 N–H and O–H groups in total. The predicted octanol–water partition coefficient (Wildman–Crippen LogP) is 4.55. The molecular formula is C24H21ClN2O7S. The second-order valence-corrected chi connectivity index (χ2v) is 8.49. The highest BCUT2D eigenvalue weighted by molar-refractivity contribution is 7.19. The van der Waals surface area contributed by atoms with Gasteiger partial charge in [-0.05, 0) is 48.9 Å². The Morgan fingerprint density at radius 2 is 1.57 bits per heavy atom. The zero-order valence-corrected chi connectivity index (χ0v) is 20.5. The number of ether oxygens (including phenoxy) is 3. The first-order valence-corrected chi connectivity index (χ1v) is 11.3. The summed E-state index contributed by atoms with van der Waals surface area (Å²) in [5.74, 6) is -2.03. The van der Waals surface area contributed by atoms with Crippen molar-refractivity contribution >= 4 is 57.4 Å². The van der Waals surface area contributed by atoms with Crippen molar-refractivity contribution in [1.29, 1.82) is 0 Å². The summed E-state index contributed by atoms with van der Waals surface area (Å²) in [5, 5.41) is 5.91. The van der Waals surface area contributed by atoms with E-state index in [0.29, 0.717) is 16.3 Å². The topological polar surface area (TPSA) is 120 Å². The minimum Gasteiger partial charge on any atom is -0.484 e. The van der Waals surface area contributed by atoms with Gasteiger partial charge in [-0.3, -0.25) is 9.59 Å². The Bertz CT molecular complexity index is 1270. The van der Waals surface area contributed by atoms with Crippen molar-refractivity contribution < 1.29 is 33.4 Å². The quantitative estimate of drug-likeness (QED) is 0.421. The molecule has 0 radical (unpaired) electrons. The highest BCUT2D eigenvalue weighted by Gasteiger charge is 2.27. The second kappa shape index (κ2) is 11.5. The summed E-state index contributed by atoms with van der Waals surface area (Å²) >= 11 is 6.73. The lowest BCUT2D eigenvalue weighted by Gasteiger charge is -2.09. The number of amides is 2. The lowest BCUT2D eigenvalue weighted by molar-refractivity contribution is -0.118. The molecule has 35 heavy (non-hydrogen) atoms. The standard InChI is InChI=1S/C24H21ClN2O7S/c1-13-19(24(31)33-3)22(27-18(28)12-34-15-10-8-14(25)9-11-15)35-20(13)21(29)26-17-7-5-4-6-16(17)23(30)32-2/h4-11H,12H2,1-3H3,(H,26,29)(H,27,28). The first-order chi connectivity index (χ1) is 16.7. The number of carbonyl (C=O) groups is 4. The summed E-state index contributed by atoms with van der Waals surface area (Å²) in [6.07, 6.45) is 0. The molecule has 3 aromatic rings. The van der Waals surface area contributed by atoms with Gasteiger partial charge in [0.25, 0.3) is 11.8 Å². The Morgan fingerprint density at radius 1 is 0.914 bits per heavy atom. The van der Waals surface area contributed by atoms with E-state index in [1.165, 1.54) is 20.3 Å². The van der Waals surface area contributed by atoms with Crippen molar-refractivity contribution in [3.05, 3.63) is 75.1 Å². The number of hydrogen-bond acceptors (Lipinski definition) is 8. The minimum absolute atomic E-state index is 0.0451. The fourth-order valence-electron chi connectivity index (χ4n) is 3.07. The molecule has 11 heteroatoms. The molecule has 0 aliphatic carbocycles. The van der Waals surface area contributed by atoms with E-state index in [-0.39, 0.29) is 33.3 Å². The number of carbonyl (C=O) groups excluding carboxylic acids is 4. The Morgan fingerprint density at radius 3 is 2.23 bits per heavy atom. The van der Waals surface area contributed by atoms with E-state index in [9.17, 15) is 19.2 Å². The van der Waals surface area contributed by atoms with Gasteiger partial charge in [0.1, 0.15) is 10.8 Å². The zero-order valence-electron chi connectivity index (χ0n) is 19.0. The van der Waals surface area contributed by atoms with Crippen LogP contribution in [-0.2, 0) is 14.3 Å². The molecule has 2 amide bonds. The highest BCUT2D eigenvalue weighted by Crippen LogP contribution is 2.34. The molecule has 0 spiro atoms. The van der Waals surface area contributed by atoms with Crippen molar-refractivity contribution in [3.63, 3.8) is 0 Å². The van der Waals surface area contributed by atoms with Gasteiger partial charge in [-0.2, -0.15) is 0 Å². The fourth-order valence-corrected chi connectivity index (χ4v) is 4.30. The summed E-state index contributed by atoms with van der Waals surface area (Å²) in [5.41, 5.74) is 0.755. The Kier molecular flexibility index (Phi) is 8.45. The molecule has 0 aliphatic rings. The minimum atomic E-state index is -0.721. The van der Waals surface area contributed by atoms with E-state index in [1.807, 2.05) is 0 Å². The van der Waals surface area contributed by atoms with Crippen molar-refractivity contribution in [2.24, 2.45) is 0 Å². The molecule has 0 saturated carbocycles. The molecule has 3 rings (SSSR count). The molecule has 0 unspecified atom stereocenters. The first kappa shape index (κ1) is 25.7. The van der Waals surface area contributed by atoms with Crippen LogP contribution in [0.1, 0.15) is 36.0 Å². The van der Waals surface area contributed by atoms with Crippen molar-refractivity contribution in [2.45, 2.75) is 6.92 Å². The number of esters is 2. The van der Waals surface area contributed by atoms with Gasteiger partial charge in [0, 0.05) is 5.02 Å². The smallest absolute Gasteiger partial charge is 0.341 e. The van der Waals surface area contributed by atoms with Crippen molar-refractivity contribution in [2.75, 3.05) is 31.5 Å². The third kappa shape index (κ3) is 6.17. The van der Waals surface area contributed by atoms with Gasteiger partial charge >= 0.3 is 11.9 Å².